The van der Waals surface area contributed by atoms with E-state index in [1.165, 1.54) is 0 Å². The normalized spacial score (nSPS) is 19.6. The van der Waals surface area contributed by atoms with Crippen molar-refractivity contribution in [2.75, 3.05) is 20.3 Å². The molecule has 7 rings (SSSR count). The Balaban J connectivity index is 1.05. The zero-order chi connectivity index (χ0) is 43.3. The third-order valence-electron chi connectivity index (χ3n) is 12.3. The van der Waals surface area contributed by atoms with Crippen LogP contribution < -0.4 is 18.9 Å². The summed E-state index contributed by atoms with van der Waals surface area (Å²) >= 11 is 12.6. The first-order chi connectivity index (χ1) is 29.4. The van der Waals surface area contributed by atoms with Crippen LogP contribution in [0.3, 0.4) is 0 Å². The molecule has 3 fully saturated rings. The zero-order valence-electron chi connectivity index (χ0n) is 35.1. The van der Waals surface area contributed by atoms with E-state index in [-0.39, 0.29) is 35.8 Å². The Labute approximate surface area is 367 Å². The molecule has 14 heteroatoms. The number of carbonyl (C=O) groups excluding carboxylic acids is 2. The van der Waals surface area contributed by atoms with Gasteiger partial charge in [-0.25, -0.2) is 4.79 Å². The number of likely N-dealkylation sites (tertiary alicyclic amines) is 1. The van der Waals surface area contributed by atoms with Crippen LogP contribution in [0, 0.1) is 35.3 Å². The van der Waals surface area contributed by atoms with Crippen LogP contribution in [0.2, 0.25) is 10.0 Å². The van der Waals surface area contributed by atoms with Gasteiger partial charge in [-0.3, -0.25) is 9.69 Å². The van der Waals surface area contributed by atoms with E-state index in [9.17, 15) is 19.7 Å². The first-order valence-corrected chi connectivity index (χ1v) is 21.7. The summed E-state index contributed by atoms with van der Waals surface area (Å²) in [5.74, 6) is 1.80. The number of unbranched alkanes of at least 4 members (excludes halogenated alkanes) is 1. The number of fused-ring (bicyclic) bond motifs is 1. The summed E-state index contributed by atoms with van der Waals surface area (Å²) in [5, 5.41) is 11.0. The van der Waals surface area contributed by atoms with Gasteiger partial charge in [-0.1, -0.05) is 72.9 Å². The number of ether oxygens (including phenoxy) is 4. The summed E-state index contributed by atoms with van der Waals surface area (Å²) in [7, 11) is 1.65. The lowest BCUT2D eigenvalue weighted by atomic mass is 9.59. The zero-order valence-corrected chi connectivity index (χ0v) is 36.6. The molecule has 4 atom stereocenters. The molecule has 1 heterocycles. The van der Waals surface area contributed by atoms with E-state index in [2.05, 4.69) is 23.0 Å². The Morgan fingerprint density at radius 2 is 1.61 bits per heavy atom. The largest absolute Gasteiger partial charge is 0.496 e. The fraction of sp³-hybridized carbons (Fsp3) is 0.447. The molecule has 12 nitrogen and oxygen atoms in total. The third kappa shape index (κ3) is 10.1. The molecule has 0 aromatic heterocycles. The standard InChI is InChI=1S/C47H53Cl2N3O9/c1-30-23-39(48)43(40(49)24-30)59-22-6-5-21-58-37-17-12-33(13-18-37)27-47-20-8-11-42(47)51(46(54)61-38-10-7-9-35(26-38)29-60-52(55)56)44(47)32(3)45(53)50(36-15-16-36)28-34-14-19-41(57-4)31(2)25-34/h7,9-10,12-14,17-19,23-26,32,36,42,44H,5-6,8,11,15-16,20-22,27-29H2,1-4H3. The molecule has 2 aliphatic carbocycles. The summed E-state index contributed by atoms with van der Waals surface area (Å²) in [6.45, 7) is 7.06. The Bertz CT molecular complexity index is 2190. The van der Waals surface area contributed by atoms with Crippen molar-refractivity contribution in [3.63, 3.8) is 0 Å². The fourth-order valence-corrected chi connectivity index (χ4v) is 10.1. The molecule has 4 unspecified atom stereocenters. The number of methoxy groups -OCH3 is 1. The number of hydrogen-bond donors (Lipinski definition) is 0. The van der Waals surface area contributed by atoms with Gasteiger partial charge in [0.2, 0.25) is 5.91 Å². The number of aryl methyl sites for hydroxylation is 2. The lowest BCUT2D eigenvalue weighted by Crippen LogP contribution is -2.75. The average molecular weight is 875 g/mol. The number of halogens is 2. The van der Waals surface area contributed by atoms with Crippen LogP contribution in [-0.4, -0.2) is 65.3 Å². The minimum Gasteiger partial charge on any atom is -0.496 e. The van der Waals surface area contributed by atoms with Gasteiger partial charge in [0.05, 0.1) is 42.3 Å². The van der Waals surface area contributed by atoms with E-state index in [1.54, 1.807) is 36.3 Å². The van der Waals surface area contributed by atoms with Crippen LogP contribution in [0.1, 0.15) is 79.7 Å². The Kier molecular flexibility index (Phi) is 13.8. The minimum atomic E-state index is -0.858. The van der Waals surface area contributed by atoms with E-state index in [4.69, 9.17) is 42.1 Å². The fourth-order valence-electron chi connectivity index (χ4n) is 9.38. The molecule has 61 heavy (non-hydrogen) atoms. The molecule has 3 aliphatic rings. The molecule has 324 valence electrons. The highest BCUT2D eigenvalue weighted by atomic mass is 35.5. The van der Waals surface area contributed by atoms with Crippen molar-refractivity contribution in [2.45, 2.75) is 103 Å². The van der Waals surface area contributed by atoms with E-state index < -0.39 is 23.1 Å². The number of benzene rings is 4. The van der Waals surface area contributed by atoms with E-state index >= 15 is 0 Å². The maximum atomic E-state index is 14.8. The highest BCUT2D eigenvalue weighted by molar-refractivity contribution is 6.37. The van der Waals surface area contributed by atoms with Gasteiger partial charge in [-0.2, -0.15) is 0 Å². The van der Waals surface area contributed by atoms with Crippen molar-refractivity contribution in [1.29, 1.82) is 0 Å². The van der Waals surface area contributed by atoms with Crippen LogP contribution in [0.15, 0.2) is 78.9 Å². The lowest BCUT2D eigenvalue weighted by Gasteiger charge is -2.62. The lowest BCUT2D eigenvalue weighted by molar-refractivity contribution is -0.763. The smallest absolute Gasteiger partial charge is 0.415 e. The molecule has 0 spiro atoms. The Morgan fingerprint density at radius 3 is 2.28 bits per heavy atom. The average Bonchev–Trinajstić information content (AvgIpc) is 4.02. The second-order valence-corrected chi connectivity index (χ2v) is 17.4. The Hall–Kier alpha value is -5.20. The van der Waals surface area contributed by atoms with Crippen LogP contribution in [-0.2, 0) is 29.2 Å². The minimum absolute atomic E-state index is 0.0154. The molecular formula is C47H53Cl2N3O9. The maximum absolute atomic E-state index is 14.8. The van der Waals surface area contributed by atoms with Gasteiger partial charge in [-0.05, 0) is 129 Å². The molecule has 1 saturated heterocycles. The van der Waals surface area contributed by atoms with Crippen molar-refractivity contribution in [3.05, 3.63) is 127 Å². The van der Waals surface area contributed by atoms with Crippen LogP contribution in [0.4, 0.5) is 4.79 Å². The van der Waals surface area contributed by atoms with Gasteiger partial charge in [-0.15, -0.1) is 10.1 Å². The maximum Gasteiger partial charge on any atom is 0.415 e. The van der Waals surface area contributed by atoms with Gasteiger partial charge >= 0.3 is 6.09 Å². The summed E-state index contributed by atoms with van der Waals surface area (Å²) in [5.41, 5.74) is 4.24. The number of amides is 2. The van der Waals surface area contributed by atoms with E-state index in [0.717, 1.165) is 78.7 Å². The van der Waals surface area contributed by atoms with Gasteiger partial charge in [0.25, 0.3) is 5.09 Å². The molecule has 1 aliphatic heterocycles. The molecule has 0 radical (unpaired) electrons. The summed E-state index contributed by atoms with van der Waals surface area (Å²) in [6, 6.07) is 23.9. The molecule has 2 saturated carbocycles. The molecular weight excluding hydrogens is 821 g/mol. The molecule has 0 bridgehead atoms. The van der Waals surface area contributed by atoms with E-state index in [0.29, 0.717) is 47.5 Å². The number of hydrogen-bond acceptors (Lipinski definition) is 9. The van der Waals surface area contributed by atoms with Gasteiger partial charge in [0.15, 0.2) is 5.75 Å². The van der Waals surface area contributed by atoms with Gasteiger partial charge < -0.3 is 28.7 Å². The quantitative estimate of drug-likeness (QED) is 0.0513. The van der Waals surface area contributed by atoms with Gasteiger partial charge in [0, 0.05) is 24.0 Å². The predicted octanol–water partition coefficient (Wildman–Crippen LogP) is 10.4. The Morgan fingerprint density at radius 1 is 0.902 bits per heavy atom. The van der Waals surface area contributed by atoms with Crippen molar-refractivity contribution in [1.82, 2.24) is 9.80 Å². The SMILES string of the molecule is COc1ccc(CN(C(=O)C(C)C2N(C(=O)Oc3cccc(CO[N+](=O)[O-])c3)C3CCCC32Cc2ccc(OCCCCOc3c(Cl)cc(C)cc3Cl)cc2)C2CC2)cc1C. The molecule has 4 aromatic rings. The van der Waals surface area contributed by atoms with Crippen molar-refractivity contribution in [2.24, 2.45) is 11.3 Å². The van der Waals surface area contributed by atoms with E-state index in [1.807, 2.05) is 62.1 Å². The van der Waals surface area contributed by atoms with Gasteiger partial charge in [0.1, 0.15) is 23.9 Å². The summed E-state index contributed by atoms with van der Waals surface area (Å²) in [6.07, 6.45) is 6.11. The monoisotopic (exact) mass is 873 g/mol. The predicted molar refractivity (Wildman–Crippen MR) is 232 cm³/mol. The van der Waals surface area contributed by atoms with Crippen LogP contribution in [0.5, 0.6) is 23.0 Å². The van der Waals surface area contributed by atoms with Crippen molar-refractivity contribution in [3.8, 4) is 23.0 Å². The molecule has 2 amide bonds. The summed E-state index contributed by atoms with van der Waals surface area (Å²) < 4.78 is 23.4. The highest BCUT2D eigenvalue weighted by Gasteiger charge is 2.67. The molecule has 0 N–H and O–H groups in total. The van der Waals surface area contributed by atoms with Crippen LogP contribution in [0.25, 0.3) is 0 Å². The number of rotatable bonds is 19. The molecule has 4 aromatic carbocycles. The number of nitrogens with zero attached hydrogens (tertiary/aromatic N) is 3. The number of carbonyl (C=O) groups is 2. The van der Waals surface area contributed by atoms with Crippen LogP contribution >= 0.6 is 23.2 Å². The summed E-state index contributed by atoms with van der Waals surface area (Å²) in [4.78, 5) is 48.2. The second-order valence-electron chi connectivity index (χ2n) is 16.6. The highest BCUT2D eigenvalue weighted by Crippen LogP contribution is 2.59. The first-order valence-electron chi connectivity index (χ1n) is 21.0. The first kappa shape index (κ1) is 43.9. The van der Waals surface area contributed by atoms with Crippen molar-refractivity contribution >= 4 is 35.2 Å². The second kappa shape index (κ2) is 19.2. The third-order valence-corrected chi connectivity index (χ3v) is 12.8. The van der Waals surface area contributed by atoms with Crippen molar-refractivity contribution < 1.29 is 38.5 Å². The topological polar surface area (TPSA) is 130 Å².